The highest BCUT2D eigenvalue weighted by Crippen LogP contribution is 2.32. The first-order valence-corrected chi connectivity index (χ1v) is 9.76. The number of carbonyl (C=O) groups is 1. The van der Waals surface area contributed by atoms with Crippen LogP contribution in [0, 0.1) is 0 Å². The second-order valence-electron chi connectivity index (χ2n) is 6.87. The first-order valence-electron chi connectivity index (χ1n) is 9.76. The minimum atomic E-state index is -0.266. The van der Waals surface area contributed by atoms with E-state index in [1.54, 1.807) is 7.11 Å². The fraction of sp³-hybridized carbons (Fsp3) is 0.429. The molecule has 3 rings (SSSR count). The van der Waals surface area contributed by atoms with E-state index in [4.69, 9.17) is 4.74 Å². The van der Waals surface area contributed by atoms with Gasteiger partial charge in [-0.3, -0.25) is 9.36 Å². The number of ether oxygens (including phenoxy) is 1. The summed E-state index contributed by atoms with van der Waals surface area (Å²) in [7, 11) is 1.65. The quantitative estimate of drug-likeness (QED) is 0.686. The van der Waals surface area contributed by atoms with E-state index < -0.39 is 0 Å². The summed E-state index contributed by atoms with van der Waals surface area (Å²) < 4.78 is 6.86. The number of unbranched alkanes of at least 4 members (excludes halogenated alkanes) is 1. The van der Waals surface area contributed by atoms with E-state index in [-0.39, 0.29) is 18.1 Å². The van der Waals surface area contributed by atoms with Crippen LogP contribution in [0.3, 0.4) is 0 Å². The first kappa shape index (κ1) is 19.8. The third kappa shape index (κ3) is 4.13. The van der Waals surface area contributed by atoms with Crippen LogP contribution in [-0.2, 0) is 11.3 Å². The Morgan fingerprint density at radius 2 is 2.14 bits per heavy atom. The summed E-state index contributed by atoms with van der Waals surface area (Å²) in [5, 5.41) is 2.88. The molecule has 1 aliphatic heterocycles. The van der Waals surface area contributed by atoms with Crippen molar-refractivity contribution in [3.05, 3.63) is 46.0 Å². The van der Waals surface area contributed by atoms with Crippen LogP contribution in [0.1, 0.15) is 37.9 Å². The van der Waals surface area contributed by atoms with Gasteiger partial charge in [-0.15, -0.1) is 0 Å². The number of nitrogens with one attached hydrogen (secondary N) is 2. The van der Waals surface area contributed by atoms with Gasteiger partial charge in [0.05, 0.1) is 12.8 Å². The molecule has 0 saturated heterocycles. The fourth-order valence-corrected chi connectivity index (χ4v) is 3.43. The summed E-state index contributed by atoms with van der Waals surface area (Å²) >= 11 is 0. The van der Waals surface area contributed by atoms with Crippen molar-refractivity contribution in [2.75, 3.05) is 31.6 Å². The molecule has 2 heterocycles. The number of methoxy groups -OCH3 is 1. The van der Waals surface area contributed by atoms with Crippen molar-refractivity contribution in [2.45, 2.75) is 33.2 Å². The summed E-state index contributed by atoms with van der Waals surface area (Å²) in [6.07, 6.45) is 3.93. The van der Waals surface area contributed by atoms with E-state index in [9.17, 15) is 9.59 Å². The summed E-state index contributed by atoms with van der Waals surface area (Å²) in [6.45, 7) is 6.15. The molecule has 1 aromatic heterocycles. The Balaban J connectivity index is 1.91. The number of aromatic nitrogens is 2. The molecule has 2 aromatic rings. The topological polar surface area (TPSA) is 79.4 Å². The minimum absolute atomic E-state index is 0.0210. The van der Waals surface area contributed by atoms with Crippen LogP contribution in [0.2, 0.25) is 0 Å². The number of fused-ring (bicyclic) bond motifs is 1. The van der Waals surface area contributed by atoms with Crippen LogP contribution in [0.5, 0.6) is 5.75 Å². The van der Waals surface area contributed by atoms with Gasteiger partial charge < -0.3 is 19.9 Å². The molecule has 0 atom stereocenters. The number of nitrogens with zero attached hydrogens (tertiary/aromatic N) is 2. The molecule has 2 N–H and O–H groups in total. The van der Waals surface area contributed by atoms with Crippen molar-refractivity contribution in [3.63, 3.8) is 0 Å². The van der Waals surface area contributed by atoms with E-state index in [0.29, 0.717) is 13.1 Å². The van der Waals surface area contributed by atoms with Gasteiger partial charge in [0.15, 0.2) is 0 Å². The van der Waals surface area contributed by atoms with E-state index in [2.05, 4.69) is 22.1 Å². The number of imidazole rings is 1. The lowest BCUT2D eigenvalue weighted by Gasteiger charge is -2.29. The van der Waals surface area contributed by atoms with Crippen LogP contribution in [0.15, 0.2) is 29.1 Å². The van der Waals surface area contributed by atoms with Gasteiger partial charge in [0.1, 0.15) is 18.1 Å². The van der Waals surface area contributed by atoms with Gasteiger partial charge in [-0.1, -0.05) is 25.5 Å². The third-order valence-corrected chi connectivity index (χ3v) is 4.94. The van der Waals surface area contributed by atoms with E-state index in [1.165, 1.54) is 4.57 Å². The number of hydrogen-bond acceptors (Lipinski definition) is 4. The maximum atomic E-state index is 12.5. The number of likely N-dealkylation sites (N-methyl/N-ethyl adjacent to an activating group) is 1. The van der Waals surface area contributed by atoms with Crippen LogP contribution in [0.25, 0.3) is 11.6 Å². The van der Waals surface area contributed by atoms with Crippen molar-refractivity contribution >= 4 is 23.4 Å². The molecule has 0 fully saturated rings. The smallest absolute Gasteiger partial charge is 0.328 e. The Bertz CT molecular complexity index is 926. The Kier molecular flexibility index (Phi) is 6.23. The Labute approximate surface area is 165 Å². The number of benzene rings is 1. The number of amides is 1. The van der Waals surface area contributed by atoms with Crippen molar-refractivity contribution in [1.29, 1.82) is 0 Å². The normalized spacial score (nSPS) is 13.1. The zero-order chi connectivity index (χ0) is 20.1. The molecule has 0 radical (unpaired) electrons. The van der Waals surface area contributed by atoms with Gasteiger partial charge >= 0.3 is 5.69 Å². The summed E-state index contributed by atoms with van der Waals surface area (Å²) in [4.78, 5) is 29.8. The predicted octanol–water partition coefficient (Wildman–Crippen LogP) is 2.48. The number of anilines is 1. The van der Waals surface area contributed by atoms with Gasteiger partial charge in [0.25, 0.3) is 0 Å². The lowest BCUT2D eigenvalue weighted by Crippen LogP contribution is -2.36. The molecule has 28 heavy (non-hydrogen) atoms. The molecular weight excluding hydrogens is 356 g/mol. The number of carbonyl (C=O) groups excluding carboxylic acids is 1. The lowest BCUT2D eigenvalue weighted by atomic mass is 10.0. The van der Waals surface area contributed by atoms with Crippen molar-refractivity contribution in [2.24, 2.45) is 0 Å². The van der Waals surface area contributed by atoms with E-state index in [0.717, 1.165) is 47.8 Å². The van der Waals surface area contributed by atoms with Crippen LogP contribution < -0.4 is 20.6 Å². The van der Waals surface area contributed by atoms with Crippen LogP contribution in [0.4, 0.5) is 5.82 Å². The second kappa shape index (κ2) is 8.82. The molecule has 0 unspecified atom stereocenters. The number of hydrogen-bond donors (Lipinski definition) is 2. The first-order chi connectivity index (χ1) is 13.6. The summed E-state index contributed by atoms with van der Waals surface area (Å²) in [6, 6.07) is 7.88. The summed E-state index contributed by atoms with van der Waals surface area (Å²) in [5.41, 5.74) is 2.61. The molecule has 1 aromatic carbocycles. The molecule has 7 heteroatoms. The van der Waals surface area contributed by atoms with Gasteiger partial charge in [0, 0.05) is 19.6 Å². The second-order valence-corrected chi connectivity index (χ2v) is 6.87. The predicted molar refractivity (Wildman–Crippen MR) is 112 cm³/mol. The number of rotatable bonds is 8. The zero-order valence-corrected chi connectivity index (χ0v) is 16.7. The molecule has 1 aliphatic rings. The highest BCUT2D eigenvalue weighted by Gasteiger charge is 2.25. The molecule has 1 amide bonds. The number of aromatic amines is 1. The monoisotopic (exact) mass is 384 g/mol. The Hall–Kier alpha value is -2.96. The summed E-state index contributed by atoms with van der Waals surface area (Å²) in [5.74, 6) is 1.42. The van der Waals surface area contributed by atoms with Gasteiger partial charge in [-0.2, -0.15) is 0 Å². The molecule has 0 saturated carbocycles. The average molecular weight is 384 g/mol. The highest BCUT2D eigenvalue weighted by atomic mass is 16.5. The lowest BCUT2D eigenvalue weighted by molar-refractivity contribution is -0.121. The van der Waals surface area contributed by atoms with Crippen molar-refractivity contribution in [3.8, 4) is 5.75 Å². The van der Waals surface area contributed by atoms with Crippen molar-refractivity contribution in [1.82, 2.24) is 14.9 Å². The molecular formula is C21H28N4O3. The Morgan fingerprint density at radius 3 is 2.86 bits per heavy atom. The average Bonchev–Trinajstić information content (AvgIpc) is 3.02. The van der Waals surface area contributed by atoms with Gasteiger partial charge in [-0.25, -0.2) is 4.79 Å². The molecule has 0 bridgehead atoms. The van der Waals surface area contributed by atoms with Crippen LogP contribution in [-0.4, -0.2) is 42.2 Å². The van der Waals surface area contributed by atoms with Gasteiger partial charge in [0.2, 0.25) is 5.91 Å². The fourth-order valence-electron chi connectivity index (χ4n) is 3.43. The minimum Gasteiger partial charge on any atom is -0.497 e. The van der Waals surface area contributed by atoms with E-state index >= 15 is 0 Å². The third-order valence-electron chi connectivity index (χ3n) is 4.94. The SMILES string of the molecule is CCCCNC(=O)Cn1c2c([nH]c1=O)C=C(c1cccc(OC)c1)CN2CC. The zero-order valence-electron chi connectivity index (χ0n) is 16.7. The molecule has 7 nitrogen and oxygen atoms in total. The van der Waals surface area contributed by atoms with Crippen LogP contribution >= 0.6 is 0 Å². The Morgan fingerprint density at radius 1 is 1.32 bits per heavy atom. The molecule has 0 spiro atoms. The molecule has 0 aliphatic carbocycles. The largest absolute Gasteiger partial charge is 0.497 e. The standard InChI is InChI=1S/C21H28N4O3/c1-4-6-10-22-19(26)14-25-20-18(23-21(25)27)12-16(13-24(20)5-2)15-8-7-9-17(11-15)28-3/h7-9,11-12H,4-6,10,13-14H2,1-3H3,(H,22,26)(H,23,27). The van der Waals surface area contributed by atoms with E-state index in [1.807, 2.05) is 37.3 Å². The van der Waals surface area contributed by atoms with Crippen molar-refractivity contribution < 1.29 is 9.53 Å². The number of H-pyrrole nitrogens is 1. The highest BCUT2D eigenvalue weighted by molar-refractivity contribution is 5.89. The van der Waals surface area contributed by atoms with Gasteiger partial charge in [-0.05, 0) is 42.7 Å². The molecule has 150 valence electrons. The maximum absolute atomic E-state index is 12.5. The maximum Gasteiger partial charge on any atom is 0.328 e.